The number of nitrogens with one attached hydrogen (secondary N) is 2. The Morgan fingerprint density at radius 2 is 2.16 bits per heavy atom. The molecule has 106 valence electrons. The van der Waals surface area contributed by atoms with Gasteiger partial charge in [-0.3, -0.25) is 4.79 Å². The number of nitrogens with zero attached hydrogens (tertiary/aromatic N) is 1. The van der Waals surface area contributed by atoms with Gasteiger partial charge in [0.15, 0.2) is 0 Å². The standard InChI is InChI=1S/C10H12F3N3O3/c11-10(12,13)2-1-8(17)16-7(9(18)19)3-6-4-14-5-15-6/h4-5,7H,1-3H2,(H,14,15)(H,16,17)(H,18,19). The molecule has 0 saturated carbocycles. The number of hydrogen-bond acceptors (Lipinski definition) is 3. The zero-order valence-corrected chi connectivity index (χ0v) is 9.70. The number of aliphatic carboxylic acids is 1. The first-order valence-electron chi connectivity index (χ1n) is 5.34. The van der Waals surface area contributed by atoms with Gasteiger partial charge in [0.2, 0.25) is 5.91 Å². The molecule has 0 fully saturated rings. The predicted molar refractivity (Wildman–Crippen MR) is 57.1 cm³/mol. The maximum atomic E-state index is 11.9. The lowest BCUT2D eigenvalue weighted by molar-refractivity contribution is -0.146. The average Bonchev–Trinajstić information content (AvgIpc) is 2.77. The maximum Gasteiger partial charge on any atom is 0.389 e. The lowest BCUT2D eigenvalue weighted by atomic mass is 10.1. The zero-order chi connectivity index (χ0) is 14.5. The van der Waals surface area contributed by atoms with Crippen LogP contribution in [0.5, 0.6) is 0 Å². The van der Waals surface area contributed by atoms with E-state index in [4.69, 9.17) is 5.11 Å². The summed E-state index contributed by atoms with van der Waals surface area (Å²) in [5.74, 6) is -2.28. The number of carbonyl (C=O) groups excluding carboxylic acids is 1. The van der Waals surface area contributed by atoms with E-state index >= 15 is 0 Å². The summed E-state index contributed by atoms with van der Waals surface area (Å²) in [5.41, 5.74) is 0.462. The Bertz CT molecular complexity index is 431. The molecule has 3 N–H and O–H groups in total. The second-order valence-corrected chi connectivity index (χ2v) is 3.85. The second-order valence-electron chi connectivity index (χ2n) is 3.85. The third kappa shape index (κ3) is 5.89. The number of hydrogen-bond donors (Lipinski definition) is 3. The molecule has 0 bridgehead atoms. The molecule has 0 radical (unpaired) electrons. The molecule has 1 amide bonds. The minimum Gasteiger partial charge on any atom is -0.480 e. The minimum atomic E-state index is -4.45. The topological polar surface area (TPSA) is 95.1 Å². The van der Waals surface area contributed by atoms with Gasteiger partial charge < -0.3 is 15.4 Å². The number of carboxylic acids is 1. The van der Waals surface area contributed by atoms with E-state index in [1.54, 1.807) is 0 Å². The van der Waals surface area contributed by atoms with Crippen LogP contribution in [0.25, 0.3) is 0 Å². The molecular weight excluding hydrogens is 267 g/mol. The van der Waals surface area contributed by atoms with Crippen LogP contribution in [0, 0.1) is 0 Å². The van der Waals surface area contributed by atoms with Crippen molar-refractivity contribution in [1.82, 2.24) is 15.3 Å². The average molecular weight is 279 g/mol. The van der Waals surface area contributed by atoms with Crippen molar-refractivity contribution in [2.45, 2.75) is 31.5 Å². The van der Waals surface area contributed by atoms with Gasteiger partial charge in [0.25, 0.3) is 0 Å². The highest BCUT2D eigenvalue weighted by atomic mass is 19.4. The molecule has 0 aromatic carbocycles. The number of aromatic amines is 1. The van der Waals surface area contributed by atoms with E-state index in [1.807, 2.05) is 5.32 Å². The summed E-state index contributed by atoms with van der Waals surface area (Å²) in [7, 11) is 0. The van der Waals surface area contributed by atoms with Gasteiger partial charge in [0.05, 0.1) is 12.7 Å². The summed E-state index contributed by atoms with van der Waals surface area (Å²) in [5, 5.41) is 10.9. The number of alkyl halides is 3. The number of rotatable bonds is 6. The number of halogens is 3. The van der Waals surface area contributed by atoms with Gasteiger partial charge >= 0.3 is 12.1 Å². The molecular formula is C10H12F3N3O3. The molecule has 1 heterocycles. The van der Waals surface area contributed by atoms with E-state index in [0.717, 1.165) is 0 Å². The van der Waals surface area contributed by atoms with Crippen LogP contribution in [0.1, 0.15) is 18.5 Å². The molecule has 0 spiro atoms. The molecule has 1 unspecified atom stereocenters. The summed E-state index contributed by atoms with van der Waals surface area (Å²) in [6.07, 6.45) is -3.89. The monoisotopic (exact) mass is 279 g/mol. The Morgan fingerprint density at radius 3 is 2.63 bits per heavy atom. The molecule has 0 aliphatic carbocycles. The fourth-order valence-electron chi connectivity index (χ4n) is 1.34. The number of imidazole rings is 1. The fourth-order valence-corrected chi connectivity index (χ4v) is 1.34. The molecule has 0 aliphatic rings. The van der Waals surface area contributed by atoms with E-state index in [1.165, 1.54) is 12.5 Å². The van der Waals surface area contributed by atoms with Crippen LogP contribution < -0.4 is 5.32 Å². The van der Waals surface area contributed by atoms with Crippen LogP contribution in [0.2, 0.25) is 0 Å². The molecule has 1 atom stereocenters. The molecule has 0 saturated heterocycles. The summed E-state index contributed by atoms with van der Waals surface area (Å²) in [6, 6.07) is -1.29. The van der Waals surface area contributed by atoms with Crippen molar-refractivity contribution in [2.75, 3.05) is 0 Å². The third-order valence-corrected chi connectivity index (χ3v) is 2.25. The van der Waals surface area contributed by atoms with Crippen LogP contribution in [0.15, 0.2) is 12.5 Å². The van der Waals surface area contributed by atoms with Crippen molar-refractivity contribution >= 4 is 11.9 Å². The van der Waals surface area contributed by atoms with Gasteiger partial charge in [0.1, 0.15) is 6.04 Å². The van der Waals surface area contributed by atoms with Gasteiger partial charge in [-0.25, -0.2) is 9.78 Å². The molecule has 19 heavy (non-hydrogen) atoms. The number of amides is 1. The second kappa shape index (κ2) is 6.21. The molecule has 0 aliphatic heterocycles. The number of carbonyl (C=O) groups is 2. The molecule has 9 heteroatoms. The number of aromatic nitrogens is 2. The summed E-state index contributed by atoms with van der Waals surface area (Å²) >= 11 is 0. The smallest absolute Gasteiger partial charge is 0.389 e. The van der Waals surface area contributed by atoms with Crippen LogP contribution in [-0.2, 0) is 16.0 Å². The van der Waals surface area contributed by atoms with Crippen molar-refractivity contribution in [2.24, 2.45) is 0 Å². The quantitative estimate of drug-likeness (QED) is 0.720. The van der Waals surface area contributed by atoms with Gasteiger partial charge in [0, 0.05) is 24.7 Å². The number of H-pyrrole nitrogens is 1. The van der Waals surface area contributed by atoms with Gasteiger partial charge in [-0.05, 0) is 0 Å². The van der Waals surface area contributed by atoms with Crippen molar-refractivity contribution in [3.8, 4) is 0 Å². The first kappa shape index (κ1) is 15.0. The van der Waals surface area contributed by atoms with Crippen molar-refractivity contribution in [3.63, 3.8) is 0 Å². The SMILES string of the molecule is O=C(CCC(F)(F)F)NC(Cc1cnc[nH]1)C(=O)O. The first-order chi connectivity index (χ1) is 8.78. The van der Waals surface area contributed by atoms with Crippen molar-refractivity contribution in [1.29, 1.82) is 0 Å². The molecule has 1 aromatic rings. The van der Waals surface area contributed by atoms with Gasteiger partial charge in [-0.1, -0.05) is 0 Å². The highest BCUT2D eigenvalue weighted by Crippen LogP contribution is 2.21. The van der Waals surface area contributed by atoms with Crippen molar-refractivity contribution < 1.29 is 27.9 Å². The summed E-state index contributed by atoms with van der Waals surface area (Å²) < 4.78 is 35.7. The van der Waals surface area contributed by atoms with E-state index in [2.05, 4.69) is 9.97 Å². The lowest BCUT2D eigenvalue weighted by Gasteiger charge is -2.14. The fraction of sp³-hybridized carbons (Fsp3) is 0.500. The lowest BCUT2D eigenvalue weighted by Crippen LogP contribution is -2.42. The summed E-state index contributed by atoms with van der Waals surface area (Å²) in [6.45, 7) is 0. The molecule has 6 nitrogen and oxygen atoms in total. The third-order valence-electron chi connectivity index (χ3n) is 2.25. The Balaban J connectivity index is 2.49. The van der Waals surface area contributed by atoms with Crippen LogP contribution >= 0.6 is 0 Å². The Morgan fingerprint density at radius 1 is 1.47 bits per heavy atom. The van der Waals surface area contributed by atoms with E-state index in [0.29, 0.717) is 5.69 Å². The van der Waals surface area contributed by atoms with Gasteiger partial charge in [-0.2, -0.15) is 13.2 Å². The van der Waals surface area contributed by atoms with E-state index in [-0.39, 0.29) is 6.42 Å². The zero-order valence-electron chi connectivity index (χ0n) is 9.70. The minimum absolute atomic E-state index is 0.0763. The molecule has 1 rings (SSSR count). The summed E-state index contributed by atoms with van der Waals surface area (Å²) in [4.78, 5) is 28.4. The van der Waals surface area contributed by atoms with E-state index in [9.17, 15) is 22.8 Å². The van der Waals surface area contributed by atoms with Gasteiger partial charge in [-0.15, -0.1) is 0 Å². The number of carboxylic acid groups (broad SMARTS) is 1. The Labute approximate surface area is 106 Å². The van der Waals surface area contributed by atoms with Crippen LogP contribution in [0.4, 0.5) is 13.2 Å². The van der Waals surface area contributed by atoms with Crippen LogP contribution in [0.3, 0.4) is 0 Å². The first-order valence-corrected chi connectivity index (χ1v) is 5.34. The largest absolute Gasteiger partial charge is 0.480 e. The van der Waals surface area contributed by atoms with E-state index < -0.39 is 36.9 Å². The Hall–Kier alpha value is -2.06. The van der Waals surface area contributed by atoms with Crippen molar-refractivity contribution in [3.05, 3.63) is 18.2 Å². The molecule has 1 aromatic heterocycles. The maximum absolute atomic E-state index is 11.9. The highest BCUT2D eigenvalue weighted by molar-refractivity contribution is 5.83. The highest BCUT2D eigenvalue weighted by Gasteiger charge is 2.29. The van der Waals surface area contributed by atoms with Crippen LogP contribution in [-0.4, -0.2) is 39.2 Å². The normalized spacial score (nSPS) is 13.0. The predicted octanol–water partition coefficient (Wildman–Crippen LogP) is 0.864. The Kier molecular flexibility index (Phi) is 4.90.